The molecule has 2 aromatic carbocycles. The molecule has 1 unspecified atom stereocenters. The summed E-state index contributed by atoms with van der Waals surface area (Å²) in [5, 5.41) is 0. The summed E-state index contributed by atoms with van der Waals surface area (Å²) in [7, 11) is 0. The van der Waals surface area contributed by atoms with Crippen molar-refractivity contribution in [2.24, 2.45) is 16.5 Å². The van der Waals surface area contributed by atoms with E-state index in [1.165, 1.54) is 0 Å². The van der Waals surface area contributed by atoms with Crippen LogP contribution >= 0.6 is 0 Å². The zero-order valence-corrected chi connectivity index (χ0v) is 19.1. The molecule has 34 heavy (non-hydrogen) atoms. The summed E-state index contributed by atoms with van der Waals surface area (Å²) in [5.74, 6) is -1.41. The molecule has 1 atom stereocenters. The van der Waals surface area contributed by atoms with Crippen LogP contribution in [0.4, 0.5) is 5.69 Å². The Labute approximate surface area is 198 Å². The fourth-order valence-corrected chi connectivity index (χ4v) is 3.82. The molecule has 0 radical (unpaired) electrons. The van der Waals surface area contributed by atoms with Gasteiger partial charge in [0.25, 0.3) is 0 Å². The van der Waals surface area contributed by atoms with Crippen molar-refractivity contribution in [1.82, 2.24) is 0 Å². The SMILES string of the molecule is CCOC(=O)COC(=O)CCc1ccc(OC(=O)C2CCCc3ccc(N=C(N)N)cc32)cc1. The van der Waals surface area contributed by atoms with Crippen LogP contribution in [0.1, 0.15) is 48.8 Å². The van der Waals surface area contributed by atoms with Crippen molar-refractivity contribution in [2.45, 2.75) is 44.9 Å². The Morgan fingerprint density at radius 1 is 1.03 bits per heavy atom. The van der Waals surface area contributed by atoms with Crippen molar-refractivity contribution < 1.29 is 28.6 Å². The number of rotatable bonds is 9. The Hall–Kier alpha value is -3.88. The minimum atomic E-state index is -0.574. The molecule has 0 fully saturated rings. The molecule has 0 aromatic heterocycles. The molecule has 0 saturated heterocycles. The van der Waals surface area contributed by atoms with E-state index in [1.807, 2.05) is 18.2 Å². The Morgan fingerprint density at radius 2 is 1.79 bits per heavy atom. The topological polar surface area (TPSA) is 143 Å². The van der Waals surface area contributed by atoms with Crippen molar-refractivity contribution in [3.05, 3.63) is 59.2 Å². The first-order valence-electron chi connectivity index (χ1n) is 11.2. The zero-order valence-electron chi connectivity index (χ0n) is 19.1. The third kappa shape index (κ3) is 7.06. The first kappa shape index (κ1) is 24.8. The molecule has 1 aliphatic carbocycles. The molecule has 1 aliphatic rings. The summed E-state index contributed by atoms with van der Waals surface area (Å²) < 4.78 is 15.2. The molecule has 9 nitrogen and oxygen atoms in total. The highest BCUT2D eigenvalue weighted by Gasteiger charge is 2.28. The van der Waals surface area contributed by atoms with E-state index in [4.69, 9.17) is 25.7 Å². The maximum absolute atomic E-state index is 12.9. The van der Waals surface area contributed by atoms with Gasteiger partial charge in [0.15, 0.2) is 12.6 Å². The highest BCUT2D eigenvalue weighted by molar-refractivity contribution is 5.83. The van der Waals surface area contributed by atoms with Gasteiger partial charge in [-0.25, -0.2) is 9.79 Å². The average Bonchev–Trinajstić information content (AvgIpc) is 2.81. The monoisotopic (exact) mass is 467 g/mol. The highest BCUT2D eigenvalue weighted by atomic mass is 16.6. The second kappa shape index (κ2) is 11.8. The summed E-state index contributed by atoms with van der Waals surface area (Å²) in [4.78, 5) is 40.0. The van der Waals surface area contributed by atoms with Crippen LogP contribution in [-0.4, -0.2) is 37.1 Å². The van der Waals surface area contributed by atoms with Crippen LogP contribution in [-0.2, 0) is 36.7 Å². The van der Waals surface area contributed by atoms with Crippen molar-refractivity contribution in [3.63, 3.8) is 0 Å². The van der Waals surface area contributed by atoms with E-state index < -0.39 is 17.9 Å². The highest BCUT2D eigenvalue weighted by Crippen LogP contribution is 2.35. The number of nitrogens with two attached hydrogens (primary N) is 2. The molecule has 180 valence electrons. The number of fused-ring (bicyclic) bond motifs is 1. The number of ether oxygens (including phenoxy) is 3. The van der Waals surface area contributed by atoms with Crippen LogP contribution in [0.2, 0.25) is 0 Å². The minimum absolute atomic E-state index is 0.0396. The molecule has 0 spiro atoms. The Morgan fingerprint density at radius 3 is 2.50 bits per heavy atom. The quantitative estimate of drug-likeness (QED) is 0.248. The molecular weight excluding hydrogens is 438 g/mol. The summed E-state index contributed by atoms with van der Waals surface area (Å²) in [5.41, 5.74) is 14.4. The van der Waals surface area contributed by atoms with Gasteiger partial charge < -0.3 is 25.7 Å². The number of hydrogen-bond acceptors (Lipinski definition) is 7. The number of carbonyl (C=O) groups excluding carboxylic acids is 3. The number of aryl methyl sites for hydroxylation is 2. The lowest BCUT2D eigenvalue weighted by Crippen LogP contribution is -2.23. The van der Waals surface area contributed by atoms with Crippen molar-refractivity contribution in [2.75, 3.05) is 13.2 Å². The number of hydrogen-bond donors (Lipinski definition) is 2. The van der Waals surface area contributed by atoms with Crippen molar-refractivity contribution in [3.8, 4) is 5.75 Å². The van der Waals surface area contributed by atoms with Gasteiger partial charge in [-0.3, -0.25) is 9.59 Å². The third-order valence-electron chi connectivity index (χ3n) is 5.40. The maximum atomic E-state index is 12.9. The van der Waals surface area contributed by atoms with Gasteiger partial charge in [0.1, 0.15) is 5.75 Å². The maximum Gasteiger partial charge on any atom is 0.344 e. The average molecular weight is 468 g/mol. The molecule has 9 heteroatoms. The van der Waals surface area contributed by atoms with E-state index in [0.717, 1.165) is 29.5 Å². The van der Waals surface area contributed by atoms with Gasteiger partial charge in [-0.2, -0.15) is 0 Å². The molecule has 0 saturated carbocycles. The molecule has 0 aliphatic heterocycles. The second-order valence-corrected chi connectivity index (χ2v) is 7.90. The molecular formula is C25H29N3O6. The van der Waals surface area contributed by atoms with E-state index >= 15 is 0 Å². The van der Waals surface area contributed by atoms with Gasteiger partial charge in [-0.05, 0) is 73.6 Å². The molecule has 2 aromatic rings. The van der Waals surface area contributed by atoms with Gasteiger partial charge >= 0.3 is 17.9 Å². The lowest BCUT2D eigenvalue weighted by Gasteiger charge is -2.24. The van der Waals surface area contributed by atoms with Crippen molar-refractivity contribution >= 4 is 29.6 Å². The summed E-state index contributed by atoms with van der Waals surface area (Å²) in [6.45, 7) is 1.53. The zero-order chi connectivity index (χ0) is 24.5. The van der Waals surface area contributed by atoms with Gasteiger partial charge in [0, 0.05) is 6.42 Å². The Kier molecular flexibility index (Phi) is 8.61. The van der Waals surface area contributed by atoms with Gasteiger partial charge in [-0.1, -0.05) is 18.2 Å². The lowest BCUT2D eigenvalue weighted by atomic mass is 9.82. The molecule has 0 amide bonds. The summed E-state index contributed by atoms with van der Waals surface area (Å²) >= 11 is 0. The van der Waals surface area contributed by atoms with Crippen LogP contribution in [0.15, 0.2) is 47.5 Å². The number of esters is 3. The Balaban J connectivity index is 1.56. The smallest absolute Gasteiger partial charge is 0.344 e. The number of nitrogens with zero attached hydrogens (tertiary/aromatic N) is 1. The minimum Gasteiger partial charge on any atom is -0.463 e. The largest absolute Gasteiger partial charge is 0.463 e. The fraction of sp³-hybridized carbons (Fsp3) is 0.360. The number of aliphatic imine (C=N–C) groups is 1. The van der Waals surface area contributed by atoms with E-state index in [1.54, 1.807) is 31.2 Å². The fourth-order valence-electron chi connectivity index (χ4n) is 3.82. The van der Waals surface area contributed by atoms with Crippen LogP contribution in [0.25, 0.3) is 0 Å². The first-order valence-corrected chi connectivity index (χ1v) is 11.2. The summed E-state index contributed by atoms with van der Waals surface area (Å²) in [6, 6.07) is 12.6. The van der Waals surface area contributed by atoms with E-state index in [9.17, 15) is 14.4 Å². The van der Waals surface area contributed by atoms with Gasteiger partial charge in [0.05, 0.1) is 18.2 Å². The standard InChI is InChI=1S/C25H29N3O6/c1-2-32-23(30)15-33-22(29)13-8-16-6-11-19(12-7-16)34-24(31)20-5-3-4-17-9-10-18(14-21(17)20)28-25(26)27/h6-7,9-12,14,20H,2-5,8,13,15H2,1H3,(H4,26,27,28). The number of guanidine groups is 1. The normalized spacial score (nSPS) is 14.4. The molecule has 3 rings (SSSR count). The van der Waals surface area contributed by atoms with Crippen molar-refractivity contribution in [1.29, 1.82) is 0 Å². The Bertz CT molecular complexity index is 1060. The molecule has 4 N–H and O–H groups in total. The van der Waals surface area contributed by atoms with E-state index in [2.05, 4.69) is 4.99 Å². The number of benzene rings is 2. The van der Waals surface area contributed by atoms with Crippen LogP contribution in [0.5, 0.6) is 5.75 Å². The molecule has 0 bridgehead atoms. The third-order valence-corrected chi connectivity index (χ3v) is 5.40. The molecule has 0 heterocycles. The second-order valence-electron chi connectivity index (χ2n) is 7.90. The van der Waals surface area contributed by atoms with Crippen LogP contribution in [0.3, 0.4) is 0 Å². The van der Waals surface area contributed by atoms with E-state index in [0.29, 0.717) is 24.3 Å². The number of carbonyl (C=O) groups is 3. The van der Waals surface area contributed by atoms with Gasteiger partial charge in [-0.15, -0.1) is 0 Å². The first-order chi connectivity index (χ1) is 16.4. The van der Waals surface area contributed by atoms with E-state index in [-0.39, 0.29) is 31.6 Å². The lowest BCUT2D eigenvalue weighted by molar-refractivity contribution is -0.158. The van der Waals surface area contributed by atoms with Gasteiger partial charge in [0.2, 0.25) is 0 Å². The van der Waals surface area contributed by atoms with Crippen LogP contribution in [0, 0.1) is 0 Å². The predicted octanol–water partition coefficient (Wildman–Crippen LogP) is 2.66. The van der Waals surface area contributed by atoms with Crippen LogP contribution < -0.4 is 16.2 Å². The predicted molar refractivity (Wildman–Crippen MR) is 126 cm³/mol. The summed E-state index contributed by atoms with van der Waals surface area (Å²) in [6.07, 6.45) is 3.01.